The third kappa shape index (κ3) is 2.22. The third-order valence-corrected chi connectivity index (χ3v) is 3.47. The lowest BCUT2D eigenvalue weighted by atomic mass is 9.85. The minimum Gasteiger partial charge on any atom is -0.493 e. The molecule has 1 aliphatic heterocycles. The highest BCUT2D eigenvalue weighted by Crippen LogP contribution is 2.29. The van der Waals surface area contributed by atoms with Crippen molar-refractivity contribution in [1.82, 2.24) is 5.32 Å². The van der Waals surface area contributed by atoms with Gasteiger partial charge in [0.15, 0.2) is 0 Å². The molecule has 16 heavy (non-hydrogen) atoms. The van der Waals surface area contributed by atoms with Crippen LogP contribution in [0.1, 0.15) is 19.4 Å². The minimum absolute atomic E-state index is 0.536. The summed E-state index contributed by atoms with van der Waals surface area (Å²) in [6.07, 6.45) is 1.12. The van der Waals surface area contributed by atoms with E-state index < -0.39 is 0 Å². The first kappa shape index (κ1) is 11.5. The fraction of sp³-hybridized carbons (Fsp3) is 0.571. The van der Waals surface area contributed by atoms with Crippen molar-refractivity contribution in [3.8, 4) is 5.75 Å². The van der Waals surface area contributed by atoms with Gasteiger partial charge in [0.2, 0.25) is 0 Å². The lowest BCUT2D eigenvalue weighted by Gasteiger charge is -2.33. The molecule has 2 heteroatoms. The van der Waals surface area contributed by atoms with Gasteiger partial charge in [-0.2, -0.15) is 0 Å². The summed E-state index contributed by atoms with van der Waals surface area (Å²) >= 11 is 0. The summed E-state index contributed by atoms with van der Waals surface area (Å²) in [6.45, 7) is 5.37. The molecule has 1 aromatic carbocycles. The Labute approximate surface area is 98.0 Å². The first-order chi connectivity index (χ1) is 7.72. The fourth-order valence-electron chi connectivity index (χ4n) is 2.70. The molecule has 2 nitrogen and oxygen atoms in total. The minimum atomic E-state index is 0.536. The van der Waals surface area contributed by atoms with E-state index in [1.807, 2.05) is 13.1 Å². The Balaban J connectivity index is 2.12. The van der Waals surface area contributed by atoms with Crippen LogP contribution < -0.4 is 10.1 Å². The second-order valence-electron chi connectivity index (χ2n) is 4.94. The van der Waals surface area contributed by atoms with E-state index in [2.05, 4.69) is 37.4 Å². The van der Waals surface area contributed by atoms with Gasteiger partial charge in [-0.05, 0) is 31.0 Å². The smallest absolute Gasteiger partial charge is 0.122 e. The van der Waals surface area contributed by atoms with Crippen LogP contribution in [0.3, 0.4) is 0 Å². The molecule has 1 heterocycles. The Kier molecular flexibility index (Phi) is 3.49. The summed E-state index contributed by atoms with van der Waals surface area (Å²) in [5, 5.41) is 3.42. The molecular formula is C14H21NO. The number of hydrogen-bond acceptors (Lipinski definition) is 2. The average molecular weight is 219 g/mol. The maximum atomic E-state index is 5.83. The highest BCUT2D eigenvalue weighted by Gasteiger charge is 2.28. The first-order valence-electron chi connectivity index (χ1n) is 6.10. The Hall–Kier alpha value is -1.02. The molecule has 0 saturated carbocycles. The molecule has 0 saturated heterocycles. The van der Waals surface area contributed by atoms with Gasteiger partial charge in [0.1, 0.15) is 5.75 Å². The number of para-hydroxylation sites is 1. The van der Waals surface area contributed by atoms with Crippen molar-refractivity contribution in [2.75, 3.05) is 13.7 Å². The number of benzene rings is 1. The zero-order valence-corrected chi connectivity index (χ0v) is 10.4. The van der Waals surface area contributed by atoms with Crippen molar-refractivity contribution in [2.45, 2.75) is 26.3 Å². The van der Waals surface area contributed by atoms with E-state index >= 15 is 0 Å². The van der Waals surface area contributed by atoms with Crippen molar-refractivity contribution in [2.24, 2.45) is 11.8 Å². The first-order valence-corrected chi connectivity index (χ1v) is 6.10. The van der Waals surface area contributed by atoms with E-state index in [0.717, 1.165) is 18.8 Å². The van der Waals surface area contributed by atoms with Crippen molar-refractivity contribution in [1.29, 1.82) is 0 Å². The van der Waals surface area contributed by atoms with Gasteiger partial charge in [0.05, 0.1) is 6.61 Å². The molecule has 2 rings (SSSR count). The summed E-state index contributed by atoms with van der Waals surface area (Å²) < 4.78 is 5.83. The molecule has 0 amide bonds. The number of fused-ring (bicyclic) bond motifs is 1. The SMILES string of the molecule is CNC(C(C)C)C1COc2ccccc2C1. The number of ether oxygens (including phenoxy) is 1. The highest BCUT2D eigenvalue weighted by atomic mass is 16.5. The van der Waals surface area contributed by atoms with Crippen LogP contribution in [0.4, 0.5) is 0 Å². The van der Waals surface area contributed by atoms with Crippen LogP contribution >= 0.6 is 0 Å². The maximum Gasteiger partial charge on any atom is 0.122 e. The maximum absolute atomic E-state index is 5.83. The summed E-state index contributed by atoms with van der Waals surface area (Å²) in [4.78, 5) is 0. The van der Waals surface area contributed by atoms with Crippen molar-refractivity contribution >= 4 is 0 Å². The Morgan fingerprint density at radius 1 is 1.31 bits per heavy atom. The van der Waals surface area contributed by atoms with Crippen LogP contribution in [-0.4, -0.2) is 19.7 Å². The van der Waals surface area contributed by atoms with Gasteiger partial charge in [0, 0.05) is 12.0 Å². The molecule has 0 aliphatic carbocycles. The van der Waals surface area contributed by atoms with Crippen LogP contribution in [-0.2, 0) is 6.42 Å². The van der Waals surface area contributed by atoms with E-state index in [0.29, 0.717) is 17.9 Å². The van der Waals surface area contributed by atoms with E-state index in [-0.39, 0.29) is 0 Å². The van der Waals surface area contributed by atoms with E-state index in [4.69, 9.17) is 4.74 Å². The molecule has 1 N–H and O–H groups in total. The zero-order chi connectivity index (χ0) is 11.5. The van der Waals surface area contributed by atoms with Crippen molar-refractivity contribution in [3.05, 3.63) is 29.8 Å². The Morgan fingerprint density at radius 3 is 2.75 bits per heavy atom. The number of nitrogens with one attached hydrogen (secondary N) is 1. The second-order valence-corrected chi connectivity index (χ2v) is 4.94. The molecule has 2 atom stereocenters. The average Bonchev–Trinajstić information content (AvgIpc) is 2.29. The van der Waals surface area contributed by atoms with Crippen molar-refractivity contribution < 1.29 is 4.74 Å². The Bertz CT molecular complexity index is 348. The van der Waals surface area contributed by atoms with E-state index in [9.17, 15) is 0 Å². The molecule has 0 radical (unpaired) electrons. The lowest BCUT2D eigenvalue weighted by Crippen LogP contribution is -2.43. The second kappa shape index (κ2) is 4.88. The summed E-state index contributed by atoms with van der Waals surface area (Å²) in [5.41, 5.74) is 1.35. The largest absolute Gasteiger partial charge is 0.493 e. The van der Waals surface area contributed by atoms with E-state index in [1.165, 1.54) is 5.56 Å². The van der Waals surface area contributed by atoms with Gasteiger partial charge in [-0.25, -0.2) is 0 Å². The van der Waals surface area contributed by atoms with Gasteiger partial charge in [-0.1, -0.05) is 32.0 Å². The number of hydrogen-bond donors (Lipinski definition) is 1. The van der Waals surface area contributed by atoms with Crippen LogP contribution in [0, 0.1) is 11.8 Å². The quantitative estimate of drug-likeness (QED) is 0.843. The molecule has 0 aromatic heterocycles. The predicted octanol–water partition coefficient (Wildman–Crippen LogP) is 2.48. The van der Waals surface area contributed by atoms with Gasteiger partial charge >= 0.3 is 0 Å². The normalized spacial score (nSPS) is 21.4. The van der Waals surface area contributed by atoms with Gasteiger partial charge < -0.3 is 10.1 Å². The number of rotatable bonds is 3. The summed E-state index contributed by atoms with van der Waals surface area (Å²) in [5.74, 6) is 2.29. The van der Waals surface area contributed by atoms with Crippen LogP contribution in [0.5, 0.6) is 5.75 Å². The Morgan fingerprint density at radius 2 is 2.06 bits per heavy atom. The summed E-state index contributed by atoms with van der Waals surface area (Å²) in [7, 11) is 2.05. The monoisotopic (exact) mass is 219 g/mol. The van der Waals surface area contributed by atoms with Crippen LogP contribution in [0.25, 0.3) is 0 Å². The topological polar surface area (TPSA) is 21.3 Å². The standard InChI is InChI=1S/C14H21NO/c1-10(2)14(15-3)12-8-11-6-4-5-7-13(11)16-9-12/h4-7,10,12,14-15H,8-9H2,1-3H3. The fourth-order valence-corrected chi connectivity index (χ4v) is 2.70. The van der Waals surface area contributed by atoms with Crippen molar-refractivity contribution in [3.63, 3.8) is 0 Å². The molecule has 1 aliphatic rings. The summed E-state index contributed by atoms with van der Waals surface area (Å²) in [6, 6.07) is 8.91. The predicted molar refractivity (Wildman–Crippen MR) is 66.8 cm³/mol. The molecule has 2 unspecified atom stereocenters. The lowest BCUT2D eigenvalue weighted by molar-refractivity contribution is 0.166. The van der Waals surface area contributed by atoms with Gasteiger partial charge in [0.25, 0.3) is 0 Å². The van der Waals surface area contributed by atoms with Crippen LogP contribution in [0.15, 0.2) is 24.3 Å². The highest BCUT2D eigenvalue weighted by molar-refractivity contribution is 5.35. The molecule has 0 bridgehead atoms. The zero-order valence-electron chi connectivity index (χ0n) is 10.4. The third-order valence-electron chi connectivity index (χ3n) is 3.47. The van der Waals surface area contributed by atoms with E-state index in [1.54, 1.807) is 0 Å². The molecule has 0 fully saturated rings. The van der Waals surface area contributed by atoms with Crippen LogP contribution in [0.2, 0.25) is 0 Å². The molecule has 88 valence electrons. The van der Waals surface area contributed by atoms with Gasteiger partial charge in [-0.15, -0.1) is 0 Å². The molecule has 0 spiro atoms. The van der Waals surface area contributed by atoms with Gasteiger partial charge in [-0.3, -0.25) is 0 Å². The molecule has 1 aromatic rings. The molecular weight excluding hydrogens is 198 g/mol.